The third kappa shape index (κ3) is 3.66. The van der Waals surface area contributed by atoms with Crippen LogP contribution in [-0.4, -0.2) is 32.5 Å². The second-order valence-electron chi connectivity index (χ2n) is 4.81. The van der Waals surface area contributed by atoms with Crippen molar-refractivity contribution < 1.29 is 4.74 Å². The van der Waals surface area contributed by atoms with E-state index in [2.05, 4.69) is 15.2 Å². The number of hydrogen-bond acceptors (Lipinski definition) is 5. The lowest BCUT2D eigenvalue weighted by atomic mass is 10.2. The van der Waals surface area contributed by atoms with E-state index in [0.29, 0.717) is 22.5 Å². The fourth-order valence-corrected chi connectivity index (χ4v) is 3.18. The van der Waals surface area contributed by atoms with Crippen molar-refractivity contribution in [1.82, 2.24) is 19.7 Å². The number of nitrogens with one attached hydrogen (secondary N) is 1. The van der Waals surface area contributed by atoms with Gasteiger partial charge in [-0.15, -0.1) is 5.10 Å². The topological polar surface area (TPSA) is 72.8 Å². The largest absolute Gasteiger partial charge is 0.376 e. The van der Waals surface area contributed by atoms with Gasteiger partial charge in [0, 0.05) is 18.6 Å². The van der Waals surface area contributed by atoms with Gasteiger partial charge in [-0.05, 0) is 25.0 Å². The molecular formula is C13H15ClN4O2S. The van der Waals surface area contributed by atoms with Gasteiger partial charge in [0.1, 0.15) is 0 Å². The number of aromatic nitrogens is 4. The summed E-state index contributed by atoms with van der Waals surface area (Å²) < 4.78 is 7.21. The average Bonchev–Trinajstić information content (AvgIpc) is 3.11. The summed E-state index contributed by atoms with van der Waals surface area (Å²) in [7, 11) is 0. The molecule has 0 unspecified atom stereocenters. The van der Waals surface area contributed by atoms with Gasteiger partial charge in [-0.2, -0.15) is 0 Å². The lowest BCUT2D eigenvalue weighted by Gasteiger charge is -2.10. The minimum atomic E-state index is -0.197. The van der Waals surface area contributed by atoms with Crippen molar-refractivity contribution in [3.8, 4) is 0 Å². The highest BCUT2D eigenvalue weighted by atomic mass is 35.5. The molecule has 8 heteroatoms. The second-order valence-corrected chi connectivity index (χ2v) is 6.19. The van der Waals surface area contributed by atoms with Gasteiger partial charge in [0.05, 0.1) is 23.4 Å². The van der Waals surface area contributed by atoms with E-state index in [4.69, 9.17) is 16.3 Å². The Morgan fingerprint density at radius 3 is 3.14 bits per heavy atom. The van der Waals surface area contributed by atoms with Crippen LogP contribution >= 0.6 is 23.4 Å². The van der Waals surface area contributed by atoms with Gasteiger partial charge in [0.25, 0.3) is 0 Å². The number of pyridine rings is 1. The van der Waals surface area contributed by atoms with Crippen molar-refractivity contribution in [2.45, 2.75) is 36.4 Å². The standard InChI is InChI=1S/C13H15ClN4O2S/c14-9-3-4-10(15-6-9)8-21-13-17-16-12(19)18(13)7-11-2-1-5-20-11/h3-4,6,11H,1-2,5,7-8H2,(H,16,19)/t11-/m1/s1. The lowest BCUT2D eigenvalue weighted by molar-refractivity contribution is 0.0941. The van der Waals surface area contributed by atoms with Gasteiger partial charge in [0.2, 0.25) is 0 Å². The summed E-state index contributed by atoms with van der Waals surface area (Å²) in [5.74, 6) is 0.632. The zero-order chi connectivity index (χ0) is 14.7. The number of rotatable bonds is 5. The van der Waals surface area contributed by atoms with Crippen molar-refractivity contribution in [2.24, 2.45) is 0 Å². The van der Waals surface area contributed by atoms with E-state index in [0.717, 1.165) is 25.1 Å². The number of hydrogen-bond donors (Lipinski definition) is 1. The van der Waals surface area contributed by atoms with E-state index in [1.807, 2.05) is 6.07 Å². The molecule has 0 saturated carbocycles. The van der Waals surface area contributed by atoms with Crippen molar-refractivity contribution in [3.05, 3.63) is 39.5 Å². The molecule has 112 valence electrons. The Bertz CT molecular complexity index is 649. The average molecular weight is 327 g/mol. The molecule has 0 amide bonds. The monoisotopic (exact) mass is 326 g/mol. The number of aromatic amines is 1. The van der Waals surface area contributed by atoms with Crippen molar-refractivity contribution in [2.75, 3.05) is 6.61 Å². The Morgan fingerprint density at radius 1 is 1.52 bits per heavy atom. The van der Waals surface area contributed by atoms with Gasteiger partial charge in [0.15, 0.2) is 5.16 Å². The quantitative estimate of drug-likeness (QED) is 0.852. The van der Waals surface area contributed by atoms with Gasteiger partial charge < -0.3 is 4.74 Å². The first kappa shape index (κ1) is 14.6. The highest BCUT2D eigenvalue weighted by Gasteiger charge is 2.19. The number of nitrogens with zero attached hydrogens (tertiary/aromatic N) is 3. The highest BCUT2D eigenvalue weighted by molar-refractivity contribution is 7.98. The van der Waals surface area contributed by atoms with Crippen LogP contribution in [0.4, 0.5) is 0 Å². The minimum Gasteiger partial charge on any atom is -0.376 e. The van der Waals surface area contributed by atoms with Crippen LogP contribution in [0.5, 0.6) is 0 Å². The fraction of sp³-hybridized carbons (Fsp3) is 0.462. The molecular weight excluding hydrogens is 312 g/mol. The summed E-state index contributed by atoms with van der Waals surface area (Å²) in [6, 6.07) is 3.67. The summed E-state index contributed by atoms with van der Waals surface area (Å²) in [5, 5.41) is 7.84. The SMILES string of the molecule is O=c1[nH]nc(SCc2ccc(Cl)cn2)n1C[C@H]1CCCO1. The van der Waals surface area contributed by atoms with E-state index < -0.39 is 0 Å². The van der Waals surface area contributed by atoms with Gasteiger partial charge >= 0.3 is 5.69 Å². The first-order valence-electron chi connectivity index (χ1n) is 6.72. The summed E-state index contributed by atoms with van der Waals surface area (Å²) in [6.45, 7) is 1.32. The van der Waals surface area contributed by atoms with Crippen molar-refractivity contribution >= 4 is 23.4 Å². The van der Waals surface area contributed by atoms with E-state index in [1.165, 1.54) is 11.8 Å². The molecule has 3 heterocycles. The fourth-order valence-electron chi connectivity index (χ4n) is 2.20. The Hall–Kier alpha value is -1.31. The van der Waals surface area contributed by atoms with Crippen LogP contribution < -0.4 is 5.69 Å². The molecule has 1 atom stereocenters. The number of ether oxygens (including phenoxy) is 1. The maximum absolute atomic E-state index is 11.8. The molecule has 21 heavy (non-hydrogen) atoms. The zero-order valence-electron chi connectivity index (χ0n) is 11.3. The van der Waals surface area contributed by atoms with E-state index in [1.54, 1.807) is 16.8 Å². The summed E-state index contributed by atoms with van der Waals surface area (Å²) in [5.41, 5.74) is 0.695. The van der Waals surface area contributed by atoms with E-state index in [9.17, 15) is 4.79 Å². The maximum Gasteiger partial charge on any atom is 0.344 e. The van der Waals surface area contributed by atoms with Crippen LogP contribution in [0.3, 0.4) is 0 Å². The third-order valence-electron chi connectivity index (χ3n) is 3.27. The van der Waals surface area contributed by atoms with Crippen LogP contribution in [0.2, 0.25) is 5.02 Å². The molecule has 3 rings (SSSR count). The molecule has 0 radical (unpaired) electrons. The normalized spacial score (nSPS) is 18.2. The van der Waals surface area contributed by atoms with Gasteiger partial charge in [-0.3, -0.25) is 9.55 Å². The Balaban J connectivity index is 1.67. The number of H-pyrrole nitrogens is 1. The second kappa shape index (κ2) is 6.64. The highest BCUT2D eigenvalue weighted by Crippen LogP contribution is 2.21. The molecule has 2 aromatic rings. The first-order chi connectivity index (χ1) is 10.2. The maximum atomic E-state index is 11.8. The molecule has 0 spiro atoms. The minimum absolute atomic E-state index is 0.105. The molecule has 0 aromatic carbocycles. The molecule has 1 aliphatic rings. The summed E-state index contributed by atoms with van der Waals surface area (Å²) >= 11 is 7.28. The predicted octanol–water partition coefficient (Wildman–Crippen LogP) is 2.09. The molecule has 6 nitrogen and oxygen atoms in total. The predicted molar refractivity (Wildman–Crippen MR) is 80.6 cm³/mol. The molecule has 0 bridgehead atoms. The van der Waals surface area contributed by atoms with E-state index in [-0.39, 0.29) is 11.8 Å². The number of thioether (sulfide) groups is 1. The van der Waals surface area contributed by atoms with Crippen LogP contribution in [0.25, 0.3) is 0 Å². The molecule has 0 aliphatic carbocycles. The molecule has 1 saturated heterocycles. The Morgan fingerprint density at radius 2 is 2.43 bits per heavy atom. The van der Waals surface area contributed by atoms with Gasteiger partial charge in [-0.25, -0.2) is 9.89 Å². The first-order valence-corrected chi connectivity index (χ1v) is 8.09. The Kier molecular flexibility index (Phi) is 4.62. The van der Waals surface area contributed by atoms with E-state index >= 15 is 0 Å². The third-order valence-corrected chi connectivity index (χ3v) is 4.50. The van der Waals surface area contributed by atoms with Crippen LogP contribution in [0.1, 0.15) is 18.5 Å². The van der Waals surface area contributed by atoms with Gasteiger partial charge in [-0.1, -0.05) is 23.4 Å². The Labute approximate surface area is 130 Å². The molecule has 1 aliphatic heterocycles. The van der Waals surface area contributed by atoms with Crippen LogP contribution in [0, 0.1) is 0 Å². The smallest absolute Gasteiger partial charge is 0.344 e. The zero-order valence-corrected chi connectivity index (χ0v) is 12.9. The summed E-state index contributed by atoms with van der Waals surface area (Å²) in [4.78, 5) is 16.1. The van der Waals surface area contributed by atoms with Crippen LogP contribution in [-0.2, 0) is 17.0 Å². The van der Waals surface area contributed by atoms with Crippen molar-refractivity contribution in [3.63, 3.8) is 0 Å². The van der Waals surface area contributed by atoms with Crippen LogP contribution in [0.15, 0.2) is 28.3 Å². The molecule has 1 N–H and O–H groups in total. The number of halogens is 1. The molecule has 2 aromatic heterocycles. The van der Waals surface area contributed by atoms with Crippen molar-refractivity contribution in [1.29, 1.82) is 0 Å². The molecule has 1 fully saturated rings. The lowest BCUT2D eigenvalue weighted by Crippen LogP contribution is -2.24. The summed E-state index contributed by atoms with van der Waals surface area (Å²) in [6.07, 6.45) is 3.75.